The van der Waals surface area contributed by atoms with Crippen LogP contribution in [-0.2, 0) is 0 Å². The molecule has 2 aliphatic rings. The molecule has 0 heterocycles. The van der Waals surface area contributed by atoms with Gasteiger partial charge in [-0.3, -0.25) is 0 Å². The van der Waals surface area contributed by atoms with E-state index in [-0.39, 0.29) is 0 Å². The molecule has 0 heteroatoms. The molecule has 560 valence electrons. The number of hydrogen-bond acceptors (Lipinski definition) is 0. The van der Waals surface area contributed by atoms with Gasteiger partial charge in [0.2, 0.25) is 0 Å². The second kappa shape index (κ2) is 24.2. The molecule has 0 atom stereocenters. The van der Waals surface area contributed by atoms with Crippen LogP contribution in [0, 0.1) is 277 Å². The molecule has 0 N–H and O–H groups in total. The van der Waals surface area contributed by atoms with E-state index in [1.54, 1.807) is 0 Å². The Morgan fingerprint density at radius 2 is 0.155 bits per heavy atom. The summed E-state index contributed by atoms with van der Waals surface area (Å²) in [6, 6.07) is 0. The molecule has 0 spiro atoms. The smallest absolute Gasteiger partial charge is 0.00151 e. The third kappa shape index (κ3) is 8.66. The highest BCUT2D eigenvalue weighted by atomic mass is 14.4. The number of rotatable bonds is 0. The Balaban J connectivity index is 0.000000129. The normalized spacial score (nSPS) is 12.5. The molecule has 0 bridgehead atoms. The summed E-state index contributed by atoms with van der Waals surface area (Å²) in [4.78, 5) is 0. The van der Waals surface area contributed by atoms with Crippen molar-refractivity contribution in [2.45, 2.75) is 277 Å². The minimum atomic E-state index is 1.43. The zero-order valence-electron chi connectivity index (χ0n) is 75.0. The zero-order chi connectivity index (χ0) is 80.4. The van der Waals surface area contributed by atoms with Crippen LogP contribution in [0.1, 0.15) is 223 Å². The third-order valence-electron chi connectivity index (χ3n) is 32.8. The summed E-state index contributed by atoms with van der Waals surface area (Å²) >= 11 is 0. The molecule has 0 aromatic heterocycles. The average Bonchev–Trinajstić information content (AvgIpc) is 1.47. The average molecular weight is 1440 g/mol. The van der Waals surface area contributed by atoms with E-state index in [1.165, 1.54) is 386 Å². The second-order valence-electron chi connectivity index (χ2n) is 36.2. The first-order valence-corrected chi connectivity index (χ1v) is 41.2. The number of fused-ring (bicyclic) bond motifs is 18. The van der Waals surface area contributed by atoms with Crippen LogP contribution in [0.4, 0.5) is 0 Å². The van der Waals surface area contributed by atoms with Crippen LogP contribution in [0.15, 0.2) is 0 Å². The van der Waals surface area contributed by atoms with Crippen molar-refractivity contribution >= 4 is 118 Å². The highest BCUT2D eigenvalue weighted by Gasteiger charge is 2.38. The highest BCUT2D eigenvalue weighted by molar-refractivity contribution is 6.43. The SMILES string of the molecule is Cc1c(C)c(C)c2c(c1C)-c1c(C)c(C)c(C)c3c(C)c(C)c(C)c-2c13.Cc1c(C)c2c(C)c(C)c(C)c3c4c(C)c5c(c(C)c4c(c1C)c23)c1c(C)c(C)c(C)c2c(C)c(C)c(C)c5c21.Cc1c(C)c2c3c(c(C)c(C)c(C)c3c1C)-c1c-2c(C)c2c3c(C)c(C)c(C)c(C)c3c3c(C)c(C)c(C)c(C)c3c2c1C. The van der Waals surface area contributed by atoms with Gasteiger partial charge in [-0.15, -0.1) is 0 Å². The fourth-order valence-electron chi connectivity index (χ4n) is 23.7. The number of hydrogen-bond donors (Lipinski definition) is 0. The van der Waals surface area contributed by atoms with Crippen LogP contribution >= 0.6 is 0 Å². The zero-order valence-corrected chi connectivity index (χ0v) is 75.0. The van der Waals surface area contributed by atoms with Gasteiger partial charge in [-0.1, -0.05) is 0 Å². The Bertz CT molecular complexity index is 6630. The van der Waals surface area contributed by atoms with E-state index < -0.39 is 0 Å². The first-order valence-electron chi connectivity index (χ1n) is 41.2. The Hall–Kier alpha value is -9.10. The van der Waals surface area contributed by atoms with E-state index in [2.05, 4.69) is 277 Å². The van der Waals surface area contributed by atoms with Gasteiger partial charge in [-0.05, 0) is 662 Å². The van der Waals surface area contributed by atoms with E-state index in [4.69, 9.17) is 0 Å². The minimum absolute atomic E-state index is 1.43. The van der Waals surface area contributed by atoms with Crippen LogP contribution in [0.3, 0.4) is 0 Å². The first-order chi connectivity index (χ1) is 51.4. The Morgan fingerprint density at radius 3 is 0.345 bits per heavy atom. The molecule has 16 aromatic carbocycles. The van der Waals surface area contributed by atoms with Gasteiger partial charge in [-0.25, -0.2) is 0 Å². The molecule has 18 rings (SSSR count). The lowest BCUT2D eigenvalue weighted by molar-refractivity contribution is 1.22. The van der Waals surface area contributed by atoms with Crippen molar-refractivity contribution in [2.24, 2.45) is 0 Å². The molecular weight excluding hydrogens is 1320 g/mol. The van der Waals surface area contributed by atoms with Crippen LogP contribution in [0.5, 0.6) is 0 Å². The topological polar surface area (TPSA) is 0 Å². The van der Waals surface area contributed by atoms with Crippen molar-refractivity contribution in [2.75, 3.05) is 0 Å². The summed E-state index contributed by atoms with van der Waals surface area (Å²) in [7, 11) is 0. The van der Waals surface area contributed by atoms with E-state index in [0.29, 0.717) is 0 Å². The summed E-state index contributed by atoms with van der Waals surface area (Å²) in [6.45, 7) is 94.0. The largest absolute Gasteiger partial charge is 0.0443 e. The van der Waals surface area contributed by atoms with Crippen molar-refractivity contribution in [1.82, 2.24) is 0 Å². The molecule has 0 unspecified atom stereocenters. The van der Waals surface area contributed by atoms with E-state index >= 15 is 0 Å². The molecule has 0 amide bonds. The van der Waals surface area contributed by atoms with Crippen LogP contribution in [-0.4, -0.2) is 0 Å². The predicted molar refractivity (Wildman–Crippen MR) is 493 cm³/mol. The summed E-state index contributed by atoms with van der Waals surface area (Å²) in [5.41, 5.74) is 69.9. The van der Waals surface area contributed by atoms with Gasteiger partial charge in [0.25, 0.3) is 0 Å². The van der Waals surface area contributed by atoms with Crippen molar-refractivity contribution in [3.8, 4) is 44.5 Å². The first kappa shape index (κ1) is 75.0. The molecule has 0 nitrogen and oxygen atoms in total. The molecule has 0 aliphatic heterocycles. The molecule has 0 fully saturated rings. The van der Waals surface area contributed by atoms with E-state index in [1.807, 2.05) is 0 Å². The standard InChI is InChI=1S/C44H48.C40H42.C26H30/c1-17-19(3)27(11)36-34(25(17)9)35-26(10)18(2)20(4)28(12)37(35)41-32(16)43-39-30(14)22(6)24(8)33-23(7)21(5)29(13)38(44(33)39)42(43)31(15)40(36)41;1-15-19(5)29-20(6)16(2)24(10)32-36-28(14)38-34-26(12)18(4)22(8)30-21(7)17(3)25(11)33(40(30)34)37(38)27(13)35(36)31(23(15)9)39(29)32;1-11-12(2)18(8)23-22(17(11)7)24-19(9)13(3)15(5)21-16(6)14(4)20(10)25(23)26(21)24/h1-16H3;1-14H3;1-10H3. The molecule has 16 aromatic rings. The lowest BCUT2D eigenvalue weighted by Crippen LogP contribution is -2.03. The van der Waals surface area contributed by atoms with Gasteiger partial charge < -0.3 is 0 Å². The fraction of sp³-hybridized carbons (Fsp3) is 0.364. The molecule has 0 saturated carbocycles. The van der Waals surface area contributed by atoms with Gasteiger partial charge in [0.1, 0.15) is 0 Å². The lowest BCUT2D eigenvalue weighted by atomic mass is 9.77. The molecular formula is C110H120. The number of aryl methyl sites for hydroxylation is 20. The van der Waals surface area contributed by atoms with Crippen LogP contribution in [0.25, 0.3) is 163 Å². The van der Waals surface area contributed by atoms with Crippen molar-refractivity contribution in [3.63, 3.8) is 0 Å². The monoisotopic (exact) mass is 1440 g/mol. The Labute approximate surface area is 658 Å². The van der Waals surface area contributed by atoms with E-state index in [0.717, 1.165) is 0 Å². The summed E-state index contributed by atoms with van der Waals surface area (Å²) in [5, 5.41) is 32.8. The Morgan fingerprint density at radius 1 is 0.0545 bits per heavy atom. The quantitative estimate of drug-likeness (QED) is 0.133. The van der Waals surface area contributed by atoms with Gasteiger partial charge in [0.15, 0.2) is 0 Å². The van der Waals surface area contributed by atoms with Crippen LogP contribution < -0.4 is 0 Å². The van der Waals surface area contributed by atoms with Crippen molar-refractivity contribution < 1.29 is 0 Å². The van der Waals surface area contributed by atoms with Crippen molar-refractivity contribution in [3.05, 3.63) is 223 Å². The minimum Gasteiger partial charge on any atom is -0.0443 e. The maximum Gasteiger partial charge on any atom is -0.00151 e. The third-order valence-corrected chi connectivity index (χ3v) is 32.8. The lowest BCUT2D eigenvalue weighted by Gasteiger charge is -2.27. The molecule has 2 aliphatic carbocycles. The molecule has 0 radical (unpaired) electrons. The fourth-order valence-corrected chi connectivity index (χ4v) is 23.7. The second-order valence-corrected chi connectivity index (χ2v) is 36.2. The molecule has 0 saturated heterocycles. The highest BCUT2D eigenvalue weighted by Crippen LogP contribution is 2.62. The predicted octanol–water partition coefficient (Wildman–Crippen LogP) is 32.3. The van der Waals surface area contributed by atoms with Crippen LogP contribution in [0.2, 0.25) is 0 Å². The Kier molecular flexibility index (Phi) is 16.5. The van der Waals surface area contributed by atoms with E-state index in [9.17, 15) is 0 Å². The van der Waals surface area contributed by atoms with Crippen molar-refractivity contribution in [1.29, 1.82) is 0 Å². The maximum absolute atomic E-state index is 2.44. The summed E-state index contributed by atoms with van der Waals surface area (Å²) in [5.74, 6) is 0. The van der Waals surface area contributed by atoms with Gasteiger partial charge in [0.05, 0.1) is 0 Å². The number of benzene rings is 14. The summed E-state index contributed by atoms with van der Waals surface area (Å²) in [6.07, 6.45) is 0. The summed E-state index contributed by atoms with van der Waals surface area (Å²) < 4.78 is 0. The maximum atomic E-state index is 2.44. The molecule has 110 heavy (non-hydrogen) atoms. The van der Waals surface area contributed by atoms with Gasteiger partial charge >= 0.3 is 0 Å². The van der Waals surface area contributed by atoms with Gasteiger partial charge in [-0.2, -0.15) is 0 Å². The van der Waals surface area contributed by atoms with Gasteiger partial charge in [0, 0.05) is 0 Å².